The number of halogens is 1. The van der Waals surface area contributed by atoms with Crippen molar-refractivity contribution >= 4 is 22.6 Å². The summed E-state index contributed by atoms with van der Waals surface area (Å²) in [7, 11) is 0. The van der Waals surface area contributed by atoms with Crippen LogP contribution in [-0.4, -0.2) is 23.6 Å². The minimum atomic E-state index is -0.777. The molecule has 0 saturated heterocycles. The van der Waals surface area contributed by atoms with Gasteiger partial charge in [0.15, 0.2) is 0 Å². The SMILES string of the molecule is CCOCC(I)(OCC)Oc1[c]cccc1. The first-order chi connectivity index (χ1) is 7.70. The Balaban J connectivity index is 2.62. The van der Waals surface area contributed by atoms with Crippen molar-refractivity contribution in [3.63, 3.8) is 0 Å². The lowest BCUT2D eigenvalue weighted by molar-refractivity contribution is -0.131. The van der Waals surface area contributed by atoms with Gasteiger partial charge >= 0.3 is 0 Å². The summed E-state index contributed by atoms with van der Waals surface area (Å²) in [5.74, 6) is 0.657. The quantitative estimate of drug-likeness (QED) is 0.436. The van der Waals surface area contributed by atoms with E-state index in [1.54, 1.807) is 6.07 Å². The molecule has 16 heavy (non-hydrogen) atoms. The normalized spacial score (nSPS) is 14.4. The van der Waals surface area contributed by atoms with Crippen LogP contribution < -0.4 is 4.74 Å². The smallest absolute Gasteiger partial charge is 0.286 e. The maximum absolute atomic E-state index is 5.73. The minimum absolute atomic E-state index is 0.390. The highest BCUT2D eigenvalue weighted by molar-refractivity contribution is 14.1. The maximum atomic E-state index is 5.73. The van der Waals surface area contributed by atoms with E-state index in [2.05, 4.69) is 28.7 Å². The molecule has 1 atom stereocenters. The largest absolute Gasteiger partial charge is 0.450 e. The fraction of sp³-hybridized carbons (Fsp3) is 0.500. The van der Waals surface area contributed by atoms with Crippen molar-refractivity contribution in [2.75, 3.05) is 19.8 Å². The van der Waals surface area contributed by atoms with Crippen molar-refractivity contribution in [3.05, 3.63) is 30.3 Å². The molecule has 0 aliphatic rings. The Kier molecular flexibility index (Phi) is 6.08. The second kappa shape index (κ2) is 7.09. The Morgan fingerprint density at radius 2 is 2.12 bits per heavy atom. The molecule has 0 amide bonds. The molecule has 3 nitrogen and oxygen atoms in total. The Labute approximate surface area is 110 Å². The lowest BCUT2D eigenvalue weighted by Crippen LogP contribution is -2.37. The summed E-state index contributed by atoms with van der Waals surface area (Å²) in [5, 5.41) is 0. The summed E-state index contributed by atoms with van der Waals surface area (Å²) >= 11 is 2.11. The zero-order valence-electron chi connectivity index (χ0n) is 9.53. The number of benzene rings is 1. The number of rotatable bonds is 7. The van der Waals surface area contributed by atoms with Gasteiger partial charge in [0, 0.05) is 41.9 Å². The van der Waals surface area contributed by atoms with Gasteiger partial charge in [-0.05, 0) is 19.9 Å². The van der Waals surface area contributed by atoms with Crippen molar-refractivity contribution in [1.29, 1.82) is 0 Å². The standard InChI is InChI=1S/C12H16IO3/c1-3-14-10-12(13,15-4-2)16-11-8-6-5-7-9-11/h5-8H,3-4,10H2,1-2H3. The lowest BCUT2D eigenvalue weighted by atomic mass is 10.3. The van der Waals surface area contributed by atoms with E-state index in [0.29, 0.717) is 25.6 Å². The molecule has 0 fully saturated rings. The van der Waals surface area contributed by atoms with Crippen LogP contribution in [0.1, 0.15) is 13.8 Å². The van der Waals surface area contributed by atoms with Crippen LogP contribution >= 0.6 is 22.6 Å². The number of para-hydroxylation sites is 1. The minimum Gasteiger partial charge on any atom is -0.450 e. The van der Waals surface area contributed by atoms with E-state index in [9.17, 15) is 0 Å². The van der Waals surface area contributed by atoms with Gasteiger partial charge in [-0.1, -0.05) is 18.2 Å². The van der Waals surface area contributed by atoms with E-state index in [1.165, 1.54) is 0 Å². The third-order valence-corrected chi connectivity index (χ3v) is 2.62. The fourth-order valence-corrected chi connectivity index (χ4v) is 1.91. The van der Waals surface area contributed by atoms with Crippen LogP contribution in [0.3, 0.4) is 0 Å². The van der Waals surface area contributed by atoms with E-state index in [4.69, 9.17) is 14.2 Å². The van der Waals surface area contributed by atoms with Gasteiger partial charge in [0.1, 0.15) is 12.4 Å². The Bertz CT molecular complexity index is 292. The summed E-state index contributed by atoms with van der Waals surface area (Å²) in [5.41, 5.74) is 0. The highest BCUT2D eigenvalue weighted by atomic mass is 127. The third kappa shape index (κ3) is 4.67. The van der Waals surface area contributed by atoms with E-state index < -0.39 is 3.79 Å². The highest BCUT2D eigenvalue weighted by Gasteiger charge is 2.29. The summed E-state index contributed by atoms with van der Waals surface area (Å²) in [4.78, 5) is 0. The molecule has 1 aromatic rings. The third-order valence-electron chi connectivity index (χ3n) is 1.78. The van der Waals surface area contributed by atoms with Crippen LogP contribution in [0.2, 0.25) is 0 Å². The van der Waals surface area contributed by atoms with Gasteiger partial charge in [0.2, 0.25) is 0 Å². The molecule has 1 rings (SSSR count). The van der Waals surface area contributed by atoms with Crippen LogP contribution in [-0.2, 0) is 9.47 Å². The summed E-state index contributed by atoms with van der Waals surface area (Å²) in [6.07, 6.45) is 0. The molecule has 0 bridgehead atoms. The van der Waals surface area contributed by atoms with Gasteiger partial charge in [0.25, 0.3) is 3.79 Å². The molecule has 0 saturated carbocycles. The molecule has 1 radical (unpaired) electrons. The molecule has 1 unspecified atom stereocenters. The molecule has 0 aliphatic carbocycles. The molecule has 0 N–H and O–H groups in total. The Morgan fingerprint density at radius 1 is 1.31 bits per heavy atom. The van der Waals surface area contributed by atoms with E-state index in [-0.39, 0.29) is 0 Å². The maximum Gasteiger partial charge on any atom is 0.286 e. The van der Waals surface area contributed by atoms with Gasteiger partial charge in [0.05, 0.1) is 0 Å². The molecular weight excluding hydrogens is 319 g/mol. The van der Waals surface area contributed by atoms with Crippen molar-refractivity contribution in [2.45, 2.75) is 17.6 Å². The molecule has 0 aromatic heterocycles. The van der Waals surface area contributed by atoms with Crippen LogP contribution in [0.5, 0.6) is 5.75 Å². The average molecular weight is 335 g/mol. The number of ether oxygens (including phenoxy) is 3. The zero-order valence-corrected chi connectivity index (χ0v) is 11.7. The number of alkyl halides is 1. The van der Waals surface area contributed by atoms with Gasteiger partial charge < -0.3 is 14.2 Å². The Morgan fingerprint density at radius 3 is 2.69 bits per heavy atom. The second-order valence-electron chi connectivity index (χ2n) is 3.06. The van der Waals surface area contributed by atoms with E-state index in [1.807, 2.05) is 32.0 Å². The first-order valence-electron chi connectivity index (χ1n) is 5.26. The predicted octanol–water partition coefficient (Wildman–Crippen LogP) is 3.03. The zero-order chi connectivity index (χ0) is 11.9. The van der Waals surface area contributed by atoms with Crippen molar-refractivity contribution in [1.82, 2.24) is 0 Å². The van der Waals surface area contributed by atoms with Crippen molar-refractivity contribution in [2.24, 2.45) is 0 Å². The van der Waals surface area contributed by atoms with Gasteiger partial charge in [-0.3, -0.25) is 0 Å². The van der Waals surface area contributed by atoms with Crippen LogP contribution in [0.25, 0.3) is 0 Å². The first-order valence-corrected chi connectivity index (χ1v) is 6.34. The number of hydrogen-bond donors (Lipinski definition) is 0. The number of hydrogen-bond acceptors (Lipinski definition) is 3. The molecule has 0 spiro atoms. The monoisotopic (exact) mass is 335 g/mol. The van der Waals surface area contributed by atoms with Crippen LogP contribution in [0.15, 0.2) is 24.3 Å². The van der Waals surface area contributed by atoms with Gasteiger partial charge in [-0.2, -0.15) is 0 Å². The van der Waals surface area contributed by atoms with Crippen molar-refractivity contribution < 1.29 is 14.2 Å². The van der Waals surface area contributed by atoms with Gasteiger partial charge in [-0.15, -0.1) is 0 Å². The Hall–Kier alpha value is -0.330. The van der Waals surface area contributed by atoms with E-state index >= 15 is 0 Å². The molecule has 89 valence electrons. The topological polar surface area (TPSA) is 27.7 Å². The average Bonchev–Trinajstić information content (AvgIpc) is 2.28. The molecule has 0 heterocycles. The fourth-order valence-electron chi connectivity index (χ4n) is 1.14. The molecule has 4 heteroatoms. The molecule has 1 aromatic carbocycles. The van der Waals surface area contributed by atoms with E-state index in [0.717, 1.165) is 0 Å². The molecule has 0 aliphatic heterocycles. The molecular formula is C12H16IO3. The lowest BCUT2D eigenvalue weighted by Gasteiger charge is -2.27. The first kappa shape index (κ1) is 13.7. The predicted molar refractivity (Wildman–Crippen MR) is 70.8 cm³/mol. The highest BCUT2D eigenvalue weighted by Crippen LogP contribution is 2.26. The van der Waals surface area contributed by atoms with Crippen LogP contribution in [0, 0.1) is 6.07 Å². The van der Waals surface area contributed by atoms with Crippen LogP contribution in [0.4, 0.5) is 0 Å². The summed E-state index contributed by atoms with van der Waals surface area (Å²) < 4.78 is 15.9. The van der Waals surface area contributed by atoms with Gasteiger partial charge in [-0.25, -0.2) is 0 Å². The summed E-state index contributed by atoms with van der Waals surface area (Å²) in [6.45, 7) is 5.47. The second-order valence-corrected chi connectivity index (χ2v) is 4.70. The van der Waals surface area contributed by atoms with Crippen molar-refractivity contribution in [3.8, 4) is 5.75 Å². The summed E-state index contributed by atoms with van der Waals surface area (Å²) in [6, 6.07) is 10.4.